The lowest BCUT2D eigenvalue weighted by atomic mass is 10.1. The van der Waals surface area contributed by atoms with Gasteiger partial charge < -0.3 is 9.73 Å². The predicted octanol–water partition coefficient (Wildman–Crippen LogP) is 3.44. The van der Waals surface area contributed by atoms with Crippen LogP contribution in [0.15, 0.2) is 40.8 Å². The second-order valence-corrected chi connectivity index (χ2v) is 4.31. The van der Waals surface area contributed by atoms with E-state index in [0.717, 1.165) is 31.0 Å². The van der Waals surface area contributed by atoms with Gasteiger partial charge in [0.2, 0.25) is 0 Å². The van der Waals surface area contributed by atoms with Gasteiger partial charge >= 0.3 is 0 Å². The molecule has 0 spiro atoms. The van der Waals surface area contributed by atoms with Crippen molar-refractivity contribution >= 4 is 0 Å². The normalized spacial score (nSPS) is 10.7. The Labute approximate surface area is 103 Å². The third-order valence-corrected chi connectivity index (χ3v) is 2.81. The van der Waals surface area contributed by atoms with Crippen molar-refractivity contribution in [2.24, 2.45) is 0 Å². The molecule has 0 atom stereocenters. The van der Waals surface area contributed by atoms with E-state index in [9.17, 15) is 0 Å². The maximum Gasteiger partial charge on any atom is 0.117 e. The van der Waals surface area contributed by atoms with Crippen molar-refractivity contribution in [1.29, 1.82) is 0 Å². The van der Waals surface area contributed by atoms with E-state index in [0.29, 0.717) is 0 Å². The molecule has 1 N–H and O–H groups in total. The SMILES string of the molecule is CCc1ccc(CNCc2ccc(C)cc2)o1. The Morgan fingerprint density at radius 1 is 0.941 bits per heavy atom. The first-order valence-corrected chi connectivity index (χ1v) is 6.12. The molecule has 0 aliphatic rings. The van der Waals surface area contributed by atoms with E-state index in [2.05, 4.69) is 43.4 Å². The zero-order valence-electron chi connectivity index (χ0n) is 10.5. The predicted molar refractivity (Wildman–Crippen MR) is 69.8 cm³/mol. The van der Waals surface area contributed by atoms with Crippen LogP contribution in [0.3, 0.4) is 0 Å². The molecule has 0 amide bonds. The van der Waals surface area contributed by atoms with Crippen LogP contribution >= 0.6 is 0 Å². The quantitative estimate of drug-likeness (QED) is 0.849. The van der Waals surface area contributed by atoms with Crippen molar-refractivity contribution in [2.45, 2.75) is 33.4 Å². The van der Waals surface area contributed by atoms with Gasteiger partial charge in [-0.3, -0.25) is 0 Å². The lowest BCUT2D eigenvalue weighted by Gasteiger charge is -2.03. The van der Waals surface area contributed by atoms with Crippen LogP contribution in [0.5, 0.6) is 0 Å². The van der Waals surface area contributed by atoms with Crippen molar-refractivity contribution in [3.05, 3.63) is 59.0 Å². The van der Waals surface area contributed by atoms with E-state index in [-0.39, 0.29) is 0 Å². The van der Waals surface area contributed by atoms with Gasteiger partial charge in [0.05, 0.1) is 6.54 Å². The van der Waals surface area contributed by atoms with Crippen LogP contribution in [-0.2, 0) is 19.5 Å². The van der Waals surface area contributed by atoms with E-state index in [4.69, 9.17) is 4.42 Å². The number of nitrogens with one attached hydrogen (secondary N) is 1. The van der Waals surface area contributed by atoms with Gasteiger partial charge in [-0.05, 0) is 24.6 Å². The first kappa shape index (κ1) is 11.9. The second kappa shape index (κ2) is 5.69. The molecular formula is C15H19NO. The standard InChI is InChI=1S/C15H19NO/c1-3-14-8-9-15(17-14)11-16-10-13-6-4-12(2)5-7-13/h4-9,16H,3,10-11H2,1-2H3. The number of rotatable bonds is 5. The van der Waals surface area contributed by atoms with Crippen molar-refractivity contribution in [1.82, 2.24) is 5.32 Å². The van der Waals surface area contributed by atoms with Crippen LogP contribution in [0.4, 0.5) is 0 Å². The van der Waals surface area contributed by atoms with E-state index < -0.39 is 0 Å². The van der Waals surface area contributed by atoms with Crippen LogP contribution in [0.2, 0.25) is 0 Å². The topological polar surface area (TPSA) is 25.2 Å². The summed E-state index contributed by atoms with van der Waals surface area (Å²) in [5.41, 5.74) is 2.60. The molecule has 2 rings (SSSR count). The first-order valence-electron chi connectivity index (χ1n) is 6.12. The molecule has 17 heavy (non-hydrogen) atoms. The molecule has 0 saturated carbocycles. The zero-order valence-corrected chi connectivity index (χ0v) is 10.5. The molecule has 2 aromatic rings. The monoisotopic (exact) mass is 229 g/mol. The molecule has 0 saturated heterocycles. The fourth-order valence-electron chi connectivity index (χ4n) is 1.74. The number of benzene rings is 1. The lowest BCUT2D eigenvalue weighted by molar-refractivity contribution is 0.450. The summed E-state index contributed by atoms with van der Waals surface area (Å²) in [6.45, 7) is 5.87. The highest BCUT2D eigenvalue weighted by atomic mass is 16.3. The minimum atomic E-state index is 0.786. The average Bonchev–Trinajstić information content (AvgIpc) is 2.80. The van der Waals surface area contributed by atoms with E-state index in [1.54, 1.807) is 0 Å². The minimum Gasteiger partial charge on any atom is -0.465 e. The van der Waals surface area contributed by atoms with Crippen molar-refractivity contribution < 1.29 is 4.42 Å². The van der Waals surface area contributed by atoms with Crippen molar-refractivity contribution in [2.75, 3.05) is 0 Å². The Hall–Kier alpha value is -1.54. The smallest absolute Gasteiger partial charge is 0.117 e. The molecule has 0 fully saturated rings. The summed E-state index contributed by atoms with van der Waals surface area (Å²) in [5, 5.41) is 3.38. The van der Waals surface area contributed by atoms with Gasteiger partial charge in [-0.1, -0.05) is 36.8 Å². The summed E-state index contributed by atoms with van der Waals surface area (Å²) in [5.74, 6) is 2.06. The molecule has 0 aliphatic heterocycles. The maximum absolute atomic E-state index is 5.63. The summed E-state index contributed by atoms with van der Waals surface area (Å²) in [6.07, 6.45) is 0.956. The van der Waals surface area contributed by atoms with Crippen LogP contribution < -0.4 is 5.32 Å². The Morgan fingerprint density at radius 3 is 2.29 bits per heavy atom. The van der Waals surface area contributed by atoms with Gasteiger partial charge in [0.1, 0.15) is 11.5 Å². The fourth-order valence-corrected chi connectivity index (χ4v) is 1.74. The highest BCUT2D eigenvalue weighted by Gasteiger charge is 1.99. The maximum atomic E-state index is 5.63. The Balaban J connectivity index is 1.81. The molecule has 1 heterocycles. The molecule has 90 valence electrons. The van der Waals surface area contributed by atoms with Crippen LogP contribution in [0, 0.1) is 6.92 Å². The third-order valence-electron chi connectivity index (χ3n) is 2.81. The van der Waals surface area contributed by atoms with Crippen molar-refractivity contribution in [3.8, 4) is 0 Å². The third kappa shape index (κ3) is 3.46. The van der Waals surface area contributed by atoms with E-state index in [1.165, 1.54) is 11.1 Å². The summed E-state index contributed by atoms with van der Waals surface area (Å²) in [7, 11) is 0. The number of furan rings is 1. The Morgan fingerprint density at radius 2 is 1.65 bits per heavy atom. The summed E-state index contributed by atoms with van der Waals surface area (Å²) in [6, 6.07) is 12.7. The highest BCUT2D eigenvalue weighted by molar-refractivity contribution is 5.21. The molecule has 1 aromatic heterocycles. The molecule has 0 aliphatic carbocycles. The number of hydrogen-bond donors (Lipinski definition) is 1. The van der Waals surface area contributed by atoms with E-state index >= 15 is 0 Å². The molecular weight excluding hydrogens is 210 g/mol. The molecule has 1 aromatic carbocycles. The first-order chi connectivity index (χ1) is 8.28. The van der Waals surface area contributed by atoms with Gasteiger partial charge in [0.15, 0.2) is 0 Å². The molecule has 0 radical (unpaired) electrons. The van der Waals surface area contributed by atoms with Crippen LogP contribution in [0.1, 0.15) is 29.6 Å². The van der Waals surface area contributed by atoms with Gasteiger partial charge in [0, 0.05) is 13.0 Å². The second-order valence-electron chi connectivity index (χ2n) is 4.31. The van der Waals surface area contributed by atoms with Crippen molar-refractivity contribution in [3.63, 3.8) is 0 Å². The largest absolute Gasteiger partial charge is 0.465 e. The van der Waals surface area contributed by atoms with E-state index in [1.807, 2.05) is 12.1 Å². The fraction of sp³-hybridized carbons (Fsp3) is 0.333. The molecule has 2 heteroatoms. The average molecular weight is 229 g/mol. The number of aryl methyl sites for hydroxylation is 2. The highest BCUT2D eigenvalue weighted by Crippen LogP contribution is 2.08. The molecule has 0 bridgehead atoms. The summed E-state index contributed by atoms with van der Waals surface area (Å²) in [4.78, 5) is 0. The van der Waals surface area contributed by atoms with Gasteiger partial charge in [-0.2, -0.15) is 0 Å². The lowest BCUT2D eigenvalue weighted by Crippen LogP contribution is -2.11. The Kier molecular flexibility index (Phi) is 3.99. The van der Waals surface area contributed by atoms with Crippen LogP contribution in [0.25, 0.3) is 0 Å². The zero-order chi connectivity index (χ0) is 12.1. The summed E-state index contributed by atoms with van der Waals surface area (Å²) >= 11 is 0. The Bertz CT molecular complexity index is 456. The summed E-state index contributed by atoms with van der Waals surface area (Å²) < 4.78 is 5.63. The molecule has 2 nitrogen and oxygen atoms in total. The van der Waals surface area contributed by atoms with Gasteiger partial charge in [-0.15, -0.1) is 0 Å². The minimum absolute atomic E-state index is 0.786. The van der Waals surface area contributed by atoms with Crippen LogP contribution in [-0.4, -0.2) is 0 Å². The van der Waals surface area contributed by atoms with Gasteiger partial charge in [0.25, 0.3) is 0 Å². The molecule has 0 unspecified atom stereocenters. The van der Waals surface area contributed by atoms with Gasteiger partial charge in [-0.25, -0.2) is 0 Å². The number of hydrogen-bond acceptors (Lipinski definition) is 2.